The molecule has 78 valence electrons. The number of aldehydes is 1. The van der Waals surface area contributed by atoms with Gasteiger partial charge in [0.2, 0.25) is 0 Å². The number of methoxy groups -OCH3 is 1. The minimum atomic E-state index is -0.389. The minimum Gasteiger partial charge on any atom is -0.469 e. The average Bonchev–Trinajstić information content (AvgIpc) is 2.21. The summed E-state index contributed by atoms with van der Waals surface area (Å²) in [5.74, 6) is -0.513. The first-order valence-corrected chi connectivity index (χ1v) is 4.40. The lowest BCUT2D eigenvalue weighted by Gasteiger charge is -1.95. The highest BCUT2D eigenvalue weighted by Crippen LogP contribution is 1.96. The van der Waals surface area contributed by atoms with Crippen LogP contribution in [0.3, 0.4) is 0 Å². The molecular weight excluding hydrogens is 184 g/mol. The third-order valence-corrected chi connectivity index (χ3v) is 1.56. The summed E-state index contributed by atoms with van der Waals surface area (Å²) in [6.45, 7) is 0. The van der Waals surface area contributed by atoms with E-state index in [2.05, 4.69) is 4.74 Å². The second-order valence-corrected chi connectivity index (χ2v) is 2.69. The van der Waals surface area contributed by atoms with Gasteiger partial charge in [0.1, 0.15) is 6.29 Å². The Morgan fingerprint density at radius 1 is 1.21 bits per heavy atom. The van der Waals surface area contributed by atoms with Gasteiger partial charge in [-0.05, 0) is 12.5 Å². The molecule has 0 aliphatic heterocycles. The normalized spacial score (nSPS) is 10.1. The second-order valence-electron chi connectivity index (χ2n) is 2.69. The van der Waals surface area contributed by atoms with Crippen LogP contribution < -0.4 is 0 Å². The first kappa shape index (κ1) is 12.6. The van der Waals surface area contributed by atoms with Gasteiger partial charge in [0.15, 0.2) is 5.78 Å². The van der Waals surface area contributed by atoms with E-state index in [9.17, 15) is 14.4 Å². The Balaban J connectivity index is 3.59. The third-order valence-electron chi connectivity index (χ3n) is 1.56. The standard InChI is InChI=1S/C10H14O4/c1-14-10(13)7-6-9(12)5-3-2-4-8-11/h3,5,8H,2,4,6-7H2,1H3/b5-3+. The molecule has 0 rings (SSSR count). The summed E-state index contributed by atoms with van der Waals surface area (Å²) < 4.78 is 4.38. The van der Waals surface area contributed by atoms with Crippen molar-refractivity contribution in [3.05, 3.63) is 12.2 Å². The number of esters is 1. The van der Waals surface area contributed by atoms with E-state index < -0.39 is 0 Å². The van der Waals surface area contributed by atoms with E-state index in [4.69, 9.17) is 0 Å². The number of rotatable bonds is 7. The summed E-state index contributed by atoms with van der Waals surface area (Å²) in [5, 5.41) is 0. The van der Waals surface area contributed by atoms with Crippen molar-refractivity contribution in [1.29, 1.82) is 0 Å². The smallest absolute Gasteiger partial charge is 0.305 e. The van der Waals surface area contributed by atoms with Crippen LogP contribution in [-0.2, 0) is 19.1 Å². The third kappa shape index (κ3) is 7.21. The fourth-order valence-corrected chi connectivity index (χ4v) is 0.790. The average molecular weight is 198 g/mol. The highest BCUT2D eigenvalue weighted by Gasteiger charge is 2.03. The lowest BCUT2D eigenvalue weighted by molar-refractivity contribution is -0.141. The minimum absolute atomic E-state index is 0.105. The molecule has 0 saturated heterocycles. The molecule has 0 spiro atoms. The van der Waals surface area contributed by atoms with Crippen LogP contribution in [0.25, 0.3) is 0 Å². The van der Waals surface area contributed by atoms with Crippen LogP contribution in [0.2, 0.25) is 0 Å². The summed E-state index contributed by atoms with van der Waals surface area (Å²) in [5.41, 5.74) is 0. The zero-order valence-corrected chi connectivity index (χ0v) is 8.19. The van der Waals surface area contributed by atoms with Gasteiger partial charge >= 0.3 is 5.97 Å². The molecule has 0 aliphatic carbocycles. The molecule has 0 bridgehead atoms. The van der Waals surface area contributed by atoms with E-state index in [0.29, 0.717) is 12.8 Å². The fourth-order valence-electron chi connectivity index (χ4n) is 0.790. The van der Waals surface area contributed by atoms with Crippen molar-refractivity contribution in [3.8, 4) is 0 Å². The van der Waals surface area contributed by atoms with Gasteiger partial charge in [-0.15, -0.1) is 0 Å². The Morgan fingerprint density at radius 3 is 2.50 bits per heavy atom. The topological polar surface area (TPSA) is 60.4 Å². The zero-order valence-electron chi connectivity index (χ0n) is 8.19. The van der Waals surface area contributed by atoms with Gasteiger partial charge in [0.25, 0.3) is 0 Å². The van der Waals surface area contributed by atoms with Crippen molar-refractivity contribution in [1.82, 2.24) is 0 Å². The quantitative estimate of drug-likeness (QED) is 0.265. The molecule has 0 unspecified atom stereocenters. The fraction of sp³-hybridized carbons (Fsp3) is 0.500. The highest BCUT2D eigenvalue weighted by molar-refractivity contribution is 5.91. The number of unbranched alkanes of at least 4 members (excludes halogenated alkanes) is 1. The van der Waals surface area contributed by atoms with Crippen LogP contribution in [0, 0.1) is 0 Å². The van der Waals surface area contributed by atoms with Crippen LogP contribution >= 0.6 is 0 Å². The van der Waals surface area contributed by atoms with E-state index in [1.54, 1.807) is 6.08 Å². The van der Waals surface area contributed by atoms with Gasteiger partial charge in [-0.3, -0.25) is 9.59 Å². The van der Waals surface area contributed by atoms with Crippen molar-refractivity contribution in [2.24, 2.45) is 0 Å². The van der Waals surface area contributed by atoms with E-state index in [1.165, 1.54) is 13.2 Å². The largest absolute Gasteiger partial charge is 0.469 e. The number of ether oxygens (including phenoxy) is 1. The number of hydrogen-bond donors (Lipinski definition) is 0. The molecule has 0 amide bonds. The summed E-state index contributed by atoms with van der Waals surface area (Å²) in [7, 11) is 1.28. The summed E-state index contributed by atoms with van der Waals surface area (Å²) in [6, 6.07) is 0. The number of ketones is 1. The monoisotopic (exact) mass is 198 g/mol. The maximum absolute atomic E-state index is 11.0. The maximum Gasteiger partial charge on any atom is 0.305 e. The Hall–Kier alpha value is -1.45. The molecule has 0 heterocycles. The number of carbonyl (C=O) groups is 3. The molecule has 14 heavy (non-hydrogen) atoms. The number of allylic oxidation sites excluding steroid dienone is 2. The number of hydrogen-bond acceptors (Lipinski definition) is 4. The van der Waals surface area contributed by atoms with Crippen molar-refractivity contribution >= 4 is 18.0 Å². The molecule has 0 N–H and O–H groups in total. The molecule has 0 saturated carbocycles. The molecule has 0 fully saturated rings. The van der Waals surface area contributed by atoms with Crippen molar-refractivity contribution < 1.29 is 19.1 Å². The summed E-state index contributed by atoms with van der Waals surface area (Å²) in [4.78, 5) is 31.6. The predicted octanol–water partition coefficient (Wildman–Crippen LogP) is 1.04. The lowest BCUT2D eigenvalue weighted by atomic mass is 10.2. The van der Waals surface area contributed by atoms with Gasteiger partial charge in [0.05, 0.1) is 13.5 Å². The van der Waals surface area contributed by atoms with E-state index in [-0.39, 0.29) is 24.6 Å². The molecule has 0 aromatic rings. The first-order chi connectivity index (χ1) is 6.70. The lowest BCUT2D eigenvalue weighted by Crippen LogP contribution is -2.03. The molecule has 0 aromatic heterocycles. The highest BCUT2D eigenvalue weighted by atomic mass is 16.5. The Kier molecular flexibility index (Phi) is 7.32. The van der Waals surface area contributed by atoms with Crippen molar-refractivity contribution in [2.45, 2.75) is 25.7 Å². The Bertz CT molecular complexity index is 230. The molecular formula is C10H14O4. The van der Waals surface area contributed by atoms with Gasteiger partial charge in [-0.25, -0.2) is 0 Å². The van der Waals surface area contributed by atoms with Crippen LogP contribution in [0.4, 0.5) is 0 Å². The molecule has 0 aromatic carbocycles. The van der Waals surface area contributed by atoms with Crippen molar-refractivity contribution in [2.75, 3.05) is 7.11 Å². The van der Waals surface area contributed by atoms with Gasteiger partial charge in [-0.1, -0.05) is 6.08 Å². The predicted molar refractivity (Wildman–Crippen MR) is 50.7 cm³/mol. The van der Waals surface area contributed by atoms with Crippen LogP contribution in [-0.4, -0.2) is 25.1 Å². The summed E-state index contributed by atoms with van der Waals surface area (Å²) >= 11 is 0. The number of carbonyl (C=O) groups excluding carboxylic acids is 3. The van der Waals surface area contributed by atoms with Crippen LogP contribution in [0.5, 0.6) is 0 Å². The molecule has 4 nitrogen and oxygen atoms in total. The van der Waals surface area contributed by atoms with Crippen LogP contribution in [0.15, 0.2) is 12.2 Å². The second kappa shape index (κ2) is 8.16. The SMILES string of the molecule is COC(=O)CCC(=O)/C=C/CCC=O. The van der Waals surface area contributed by atoms with Gasteiger partial charge in [0, 0.05) is 12.8 Å². The van der Waals surface area contributed by atoms with E-state index in [0.717, 1.165) is 6.29 Å². The van der Waals surface area contributed by atoms with E-state index in [1.807, 2.05) is 0 Å². The Morgan fingerprint density at radius 2 is 1.93 bits per heavy atom. The van der Waals surface area contributed by atoms with Gasteiger partial charge in [-0.2, -0.15) is 0 Å². The first-order valence-electron chi connectivity index (χ1n) is 4.40. The molecule has 0 aliphatic rings. The van der Waals surface area contributed by atoms with E-state index >= 15 is 0 Å². The molecule has 0 radical (unpaired) electrons. The maximum atomic E-state index is 11.0. The molecule has 4 heteroatoms. The zero-order chi connectivity index (χ0) is 10.8. The summed E-state index contributed by atoms with van der Waals surface area (Å²) in [6.07, 6.45) is 5.07. The van der Waals surface area contributed by atoms with Gasteiger partial charge < -0.3 is 9.53 Å². The molecule has 0 atom stereocenters. The van der Waals surface area contributed by atoms with Crippen LogP contribution in [0.1, 0.15) is 25.7 Å². The Labute approximate surface area is 82.9 Å². The van der Waals surface area contributed by atoms with Crippen molar-refractivity contribution in [3.63, 3.8) is 0 Å².